The number of rotatable bonds is 2. The molecule has 2 heterocycles. The molecule has 0 unspecified atom stereocenters. The lowest BCUT2D eigenvalue weighted by molar-refractivity contribution is 0.318. The molecule has 2 aromatic heterocycles. The predicted octanol–water partition coefficient (Wildman–Crippen LogP) is 0.910. The molecule has 3 aromatic rings. The molecular formula is C12H10N6O. The smallest absolute Gasteiger partial charge is 0.173 e. The van der Waals surface area contributed by atoms with Crippen LogP contribution in [0.25, 0.3) is 16.6 Å². The van der Waals surface area contributed by atoms with Crippen LogP contribution in [0, 0.1) is 0 Å². The summed E-state index contributed by atoms with van der Waals surface area (Å²) in [4.78, 5) is 8.21. The van der Waals surface area contributed by atoms with E-state index >= 15 is 0 Å². The minimum atomic E-state index is -0.0243. The fraction of sp³-hybridized carbons (Fsp3) is 0. The Kier molecular flexibility index (Phi) is 2.57. The summed E-state index contributed by atoms with van der Waals surface area (Å²) in [6, 6.07) is 7.56. The van der Waals surface area contributed by atoms with Gasteiger partial charge in [-0.3, -0.25) is 4.98 Å². The maximum Gasteiger partial charge on any atom is 0.173 e. The lowest BCUT2D eigenvalue weighted by Gasteiger charge is -2.10. The van der Waals surface area contributed by atoms with E-state index in [1.165, 1.54) is 6.33 Å². The van der Waals surface area contributed by atoms with Gasteiger partial charge in [0, 0.05) is 11.6 Å². The van der Waals surface area contributed by atoms with Crippen molar-refractivity contribution in [1.82, 2.24) is 19.7 Å². The summed E-state index contributed by atoms with van der Waals surface area (Å²) in [5.41, 5.74) is 7.66. The Morgan fingerprint density at radius 3 is 2.89 bits per heavy atom. The van der Waals surface area contributed by atoms with E-state index in [4.69, 9.17) is 10.9 Å². The van der Waals surface area contributed by atoms with Crippen molar-refractivity contribution < 1.29 is 5.21 Å². The number of hydrogen-bond acceptors (Lipinski definition) is 5. The van der Waals surface area contributed by atoms with Crippen LogP contribution >= 0.6 is 0 Å². The first-order valence-electron chi connectivity index (χ1n) is 5.52. The van der Waals surface area contributed by atoms with E-state index in [9.17, 15) is 0 Å². The van der Waals surface area contributed by atoms with Crippen LogP contribution in [0.2, 0.25) is 0 Å². The fourth-order valence-electron chi connectivity index (χ4n) is 1.94. The van der Waals surface area contributed by atoms with Gasteiger partial charge in [-0.25, -0.2) is 9.67 Å². The van der Waals surface area contributed by atoms with Crippen LogP contribution in [-0.2, 0) is 0 Å². The van der Waals surface area contributed by atoms with Gasteiger partial charge in [-0.05, 0) is 6.07 Å². The summed E-state index contributed by atoms with van der Waals surface area (Å²) in [7, 11) is 0. The summed E-state index contributed by atoms with van der Waals surface area (Å²) in [5.74, 6) is -0.0243. The zero-order valence-corrected chi connectivity index (χ0v) is 9.80. The van der Waals surface area contributed by atoms with Crippen molar-refractivity contribution in [2.45, 2.75) is 0 Å². The second kappa shape index (κ2) is 4.37. The highest BCUT2D eigenvalue weighted by Gasteiger charge is 2.14. The van der Waals surface area contributed by atoms with Gasteiger partial charge in [-0.15, -0.1) is 0 Å². The van der Waals surface area contributed by atoms with Crippen LogP contribution in [0.5, 0.6) is 0 Å². The van der Waals surface area contributed by atoms with Crippen LogP contribution in [0.15, 0.2) is 48.3 Å². The number of aromatic nitrogens is 4. The van der Waals surface area contributed by atoms with E-state index in [0.29, 0.717) is 11.3 Å². The number of hydrogen-bond donors (Lipinski definition) is 2. The average molecular weight is 254 g/mol. The molecule has 3 N–H and O–H groups in total. The molecular weight excluding hydrogens is 244 g/mol. The van der Waals surface area contributed by atoms with E-state index in [1.807, 2.05) is 24.3 Å². The molecule has 0 saturated carbocycles. The van der Waals surface area contributed by atoms with E-state index < -0.39 is 0 Å². The van der Waals surface area contributed by atoms with Crippen molar-refractivity contribution in [3.05, 3.63) is 48.7 Å². The van der Waals surface area contributed by atoms with Crippen molar-refractivity contribution in [2.75, 3.05) is 0 Å². The van der Waals surface area contributed by atoms with Gasteiger partial charge >= 0.3 is 0 Å². The molecule has 19 heavy (non-hydrogen) atoms. The van der Waals surface area contributed by atoms with Crippen LogP contribution in [-0.4, -0.2) is 30.8 Å². The van der Waals surface area contributed by atoms with Crippen molar-refractivity contribution in [3.8, 4) is 5.69 Å². The van der Waals surface area contributed by atoms with Gasteiger partial charge < -0.3 is 10.9 Å². The van der Waals surface area contributed by atoms with Crippen LogP contribution in [0.3, 0.4) is 0 Å². The number of nitrogens with zero attached hydrogens (tertiary/aromatic N) is 5. The summed E-state index contributed by atoms with van der Waals surface area (Å²) in [6.07, 6.45) is 4.52. The number of benzene rings is 1. The Bertz CT molecular complexity index is 750. The molecule has 7 heteroatoms. The van der Waals surface area contributed by atoms with Gasteiger partial charge in [0.15, 0.2) is 5.84 Å². The monoisotopic (exact) mass is 254 g/mol. The largest absolute Gasteiger partial charge is 0.409 e. The van der Waals surface area contributed by atoms with Crippen molar-refractivity contribution >= 4 is 16.7 Å². The van der Waals surface area contributed by atoms with E-state index in [0.717, 1.165) is 10.9 Å². The Morgan fingerprint density at radius 2 is 2.16 bits per heavy atom. The highest BCUT2D eigenvalue weighted by molar-refractivity contribution is 6.05. The first-order valence-corrected chi connectivity index (χ1v) is 5.52. The number of nitrogens with two attached hydrogens (primary N) is 1. The second-order valence-corrected chi connectivity index (χ2v) is 3.86. The third kappa shape index (κ3) is 1.77. The molecule has 3 rings (SSSR count). The van der Waals surface area contributed by atoms with E-state index in [-0.39, 0.29) is 5.84 Å². The molecule has 0 radical (unpaired) electrons. The summed E-state index contributed by atoms with van der Waals surface area (Å²) in [6.45, 7) is 0. The number of para-hydroxylation sites is 1. The average Bonchev–Trinajstić information content (AvgIpc) is 2.99. The number of pyridine rings is 1. The standard InChI is InChI=1S/C12H10N6O/c13-12(17-19)9-5-15-10-4-2-1-3-8(10)11(9)18-7-14-6-16-18/h1-7,19H,(H2,13,17). The van der Waals surface area contributed by atoms with Gasteiger partial charge in [0.25, 0.3) is 0 Å². The normalized spacial score (nSPS) is 11.9. The Labute approximate surface area is 108 Å². The molecule has 1 aromatic carbocycles. The van der Waals surface area contributed by atoms with Gasteiger partial charge in [0.2, 0.25) is 0 Å². The Hall–Kier alpha value is -2.96. The quantitative estimate of drug-likeness (QED) is 0.306. The minimum absolute atomic E-state index is 0.0243. The molecule has 0 atom stereocenters. The number of fused-ring (bicyclic) bond motifs is 1. The van der Waals surface area contributed by atoms with E-state index in [1.54, 1.807) is 17.2 Å². The fourth-order valence-corrected chi connectivity index (χ4v) is 1.94. The zero-order valence-electron chi connectivity index (χ0n) is 9.80. The molecule has 0 fully saturated rings. The summed E-state index contributed by atoms with van der Waals surface area (Å²) >= 11 is 0. The highest BCUT2D eigenvalue weighted by Crippen LogP contribution is 2.23. The summed E-state index contributed by atoms with van der Waals surface area (Å²) in [5, 5.41) is 16.8. The highest BCUT2D eigenvalue weighted by atomic mass is 16.4. The van der Waals surface area contributed by atoms with E-state index in [2.05, 4.69) is 20.2 Å². The van der Waals surface area contributed by atoms with Gasteiger partial charge in [-0.2, -0.15) is 5.10 Å². The molecule has 0 aliphatic heterocycles. The van der Waals surface area contributed by atoms with Crippen LogP contribution in [0.4, 0.5) is 0 Å². The number of amidine groups is 1. The molecule has 0 aliphatic carbocycles. The second-order valence-electron chi connectivity index (χ2n) is 3.86. The predicted molar refractivity (Wildman–Crippen MR) is 69.2 cm³/mol. The molecule has 94 valence electrons. The van der Waals surface area contributed by atoms with Crippen molar-refractivity contribution in [3.63, 3.8) is 0 Å². The lowest BCUT2D eigenvalue weighted by atomic mass is 10.1. The third-order valence-electron chi connectivity index (χ3n) is 2.78. The van der Waals surface area contributed by atoms with Gasteiger partial charge in [0.05, 0.1) is 16.8 Å². The van der Waals surface area contributed by atoms with Crippen molar-refractivity contribution in [2.24, 2.45) is 10.9 Å². The number of oxime groups is 1. The maximum absolute atomic E-state index is 8.87. The molecule has 0 spiro atoms. The summed E-state index contributed by atoms with van der Waals surface area (Å²) < 4.78 is 1.57. The Morgan fingerprint density at radius 1 is 1.32 bits per heavy atom. The molecule has 0 bridgehead atoms. The molecule has 7 nitrogen and oxygen atoms in total. The van der Waals surface area contributed by atoms with Crippen LogP contribution in [0.1, 0.15) is 5.56 Å². The maximum atomic E-state index is 8.87. The SMILES string of the molecule is N/C(=N\O)c1cnc2ccccc2c1-n1cncn1. The molecule has 0 saturated heterocycles. The van der Waals surface area contributed by atoms with Crippen LogP contribution < -0.4 is 5.73 Å². The molecule has 0 aliphatic rings. The van der Waals surface area contributed by atoms with Crippen molar-refractivity contribution in [1.29, 1.82) is 0 Å². The first kappa shape index (κ1) is 11.1. The first-order chi connectivity index (χ1) is 9.31. The molecule has 0 amide bonds. The van der Waals surface area contributed by atoms with Gasteiger partial charge in [-0.1, -0.05) is 23.4 Å². The minimum Gasteiger partial charge on any atom is -0.409 e. The Balaban J connectivity index is 2.42. The lowest BCUT2D eigenvalue weighted by Crippen LogP contribution is -2.17. The van der Waals surface area contributed by atoms with Gasteiger partial charge in [0.1, 0.15) is 12.7 Å². The zero-order chi connectivity index (χ0) is 13.2. The topological polar surface area (TPSA) is 102 Å². The third-order valence-corrected chi connectivity index (χ3v) is 2.78.